The molecule has 2 rings (SSSR count). The molecule has 1 saturated heterocycles. The molecule has 17 heavy (non-hydrogen) atoms. The average Bonchev–Trinajstić information content (AvgIpc) is 2.55. The number of nitrogens with zero attached hydrogens (tertiary/aromatic N) is 1. The predicted octanol–water partition coefficient (Wildman–Crippen LogP) is 3.52. The van der Waals surface area contributed by atoms with E-state index in [2.05, 4.69) is 31.9 Å². The Balaban J connectivity index is 2.17. The van der Waals surface area contributed by atoms with Crippen LogP contribution in [0.15, 0.2) is 13.6 Å². The summed E-state index contributed by atoms with van der Waals surface area (Å²) in [6.07, 6.45) is 0.201. The van der Waals surface area contributed by atoms with Crippen LogP contribution in [0.2, 0.25) is 0 Å². The zero-order chi connectivity index (χ0) is 12.6. The van der Waals surface area contributed by atoms with Gasteiger partial charge >= 0.3 is 0 Å². The molecular formula is C11H13Br2NO2S. The molecule has 6 heteroatoms. The summed E-state index contributed by atoms with van der Waals surface area (Å²) in [5.41, 5.74) is 0.725. The molecule has 2 atom stereocenters. The number of morpholine rings is 1. The third kappa shape index (κ3) is 3.10. The van der Waals surface area contributed by atoms with Gasteiger partial charge in [-0.25, -0.2) is 0 Å². The number of thiophene rings is 1. The van der Waals surface area contributed by atoms with Crippen molar-refractivity contribution in [3.8, 4) is 0 Å². The van der Waals surface area contributed by atoms with E-state index in [9.17, 15) is 4.79 Å². The second-order valence-electron chi connectivity index (χ2n) is 4.21. The first-order valence-corrected chi connectivity index (χ1v) is 7.77. The van der Waals surface area contributed by atoms with Gasteiger partial charge in [-0.3, -0.25) is 4.79 Å². The van der Waals surface area contributed by atoms with Crippen LogP contribution in [-0.4, -0.2) is 36.1 Å². The molecule has 0 N–H and O–H groups in total. The molecule has 1 fully saturated rings. The highest BCUT2D eigenvalue weighted by Crippen LogP contribution is 2.33. The summed E-state index contributed by atoms with van der Waals surface area (Å²) in [5.74, 6) is 0.0702. The number of halogens is 2. The van der Waals surface area contributed by atoms with Gasteiger partial charge in [0.25, 0.3) is 5.91 Å². The molecule has 1 aromatic rings. The van der Waals surface area contributed by atoms with Crippen molar-refractivity contribution < 1.29 is 9.53 Å². The largest absolute Gasteiger partial charge is 0.372 e. The second-order valence-corrected chi connectivity index (χ2v) is 7.95. The van der Waals surface area contributed by atoms with Gasteiger partial charge in [0, 0.05) is 13.1 Å². The SMILES string of the molecule is C[C@@H]1CN(C(=O)c2cc(Br)sc2Br)C[C@H](C)O1. The Kier molecular flexibility index (Phi) is 4.28. The summed E-state index contributed by atoms with van der Waals surface area (Å²) in [5, 5.41) is 0. The summed E-state index contributed by atoms with van der Waals surface area (Å²) in [4.78, 5) is 14.2. The summed E-state index contributed by atoms with van der Waals surface area (Å²) in [6.45, 7) is 5.30. The number of ether oxygens (including phenoxy) is 1. The molecule has 0 aliphatic carbocycles. The number of carbonyl (C=O) groups is 1. The molecule has 0 saturated carbocycles. The first-order chi connectivity index (χ1) is 7.97. The van der Waals surface area contributed by atoms with Gasteiger partial charge in [-0.15, -0.1) is 11.3 Å². The summed E-state index contributed by atoms with van der Waals surface area (Å²) in [6, 6.07) is 1.86. The Morgan fingerprint density at radius 2 is 2.00 bits per heavy atom. The molecule has 0 aromatic carbocycles. The lowest BCUT2D eigenvalue weighted by Gasteiger charge is -2.35. The lowest BCUT2D eigenvalue weighted by Crippen LogP contribution is -2.48. The van der Waals surface area contributed by atoms with Gasteiger partial charge in [0.15, 0.2) is 0 Å². The van der Waals surface area contributed by atoms with Gasteiger partial charge in [-0.2, -0.15) is 0 Å². The molecule has 1 aliphatic rings. The molecular weight excluding hydrogens is 370 g/mol. The molecule has 0 spiro atoms. The third-order valence-electron chi connectivity index (χ3n) is 2.59. The Hall–Kier alpha value is 0.0900. The number of rotatable bonds is 1. The standard InChI is InChI=1S/C11H13Br2NO2S/c1-6-4-14(5-7(2)16-6)11(15)8-3-9(12)17-10(8)13/h3,6-7H,4-5H2,1-2H3/t6-,7+. The van der Waals surface area contributed by atoms with Gasteiger partial charge in [0.2, 0.25) is 0 Å². The third-order valence-corrected chi connectivity index (χ3v) is 4.93. The van der Waals surface area contributed by atoms with Crippen LogP contribution in [0.5, 0.6) is 0 Å². The van der Waals surface area contributed by atoms with Crippen molar-refractivity contribution in [1.82, 2.24) is 4.90 Å². The Bertz CT molecular complexity index is 425. The monoisotopic (exact) mass is 381 g/mol. The molecule has 0 bridgehead atoms. The van der Waals surface area contributed by atoms with Crippen molar-refractivity contribution in [3.05, 3.63) is 19.2 Å². The summed E-state index contributed by atoms with van der Waals surface area (Å²) >= 11 is 8.33. The van der Waals surface area contributed by atoms with E-state index in [0.717, 1.165) is 13.1 Å². The summed E-state index contributed by atoms with van der Waals surface area (Å²) < 4.78 is 7.46. The molecule has 1 aromatic heterocycles. The highest BCUT2D eigenvalue weighted by molar-refractivity contribution is 9.12. The van der Waals surface area contributed by atoms with Crippen molar-refractivity contribution in [2.24, 2.45) is 0 Å². The van der Waals surface area contributed by atoms with E-state index in [1.165, 1.54) is 11.3 Å². The number of hydrogen-bond acceptors (Lipinski definition) is 3. The number of amides is 1. The maximum atomic E-state index is 12.4. The van der Waals surface area contributed by atoms with Gasteiger partial charge in [0.1, 0.15) is 0 Å². The number of hydrogen-bond donors (Lipinski definition) is 0. The minimum absolute atomic E-state index is 0.0702. The molecule has 1 aliphatic heterocycles. The van der Waals surface area contributed by atoms with Crippen molar-refractivity contribution in [1.29, 1.82) is 0 Å². The van der Waals surface area contributed by atoms with E-state index >= 15 is 0 Å². The Labute approximate surface area is 121 Å². The van der Waals surface area contributed by atoms with Gasteiger partial charge in [-0.1, -0.05) is 0 Å². The highest BCUT2D eigenvalue weighted by atomic mass is 79.9. The molecule has 3 nitrogen and oxygen atoms in total. The fourth-order valence-corrected chi connectivity index (χ4v) is 4.78. The van der Waals surface area contributed by atoms with Crippen molar-refractivity contribution in [2.75, 3.05) is 13.1 Å². The van der Waals surface area contributed by atoms with E-state index in [-0.39, 0.29) is 18.1 Å². The van der Waals surface area contributed by atoms with Crippen molar-refractivity contribution in [3.63, 3.8) is 0 Å². The van der Waals surface area contributed by atoms with Crippen LogP contribution in [0.3, 0.4) is 0 Å². The van der Waals surface area contributed by atoms with E-state index in [0.29, 0.717) is 13.1 Å². The topological polar surface area (TPSA) is 29.5 Å². The number of carbonyl (C=O) groups excluding carboxylic acids is 1. The molecule has 1 amide bonds. The van der Waals surface area contributed by atoms with Crippen LogP contribution in [-0.2, 0) is 4.74 Å². The normalized spacial score (nSPS) is 25.1. The van der Waals surface area contributed by atoms with E-state index in [4.69, 9.17) is 4.74 Å². The first-order valence-electron chi connectivity index (χ1n) is 5.37. The highest BCUT2D eigenvalue weighted by Gasteiger charge is 2.28. The fraction of sp³-hybridized carbons (Fsp3) is 0.545. The molecule has 0 radical (unpaired) electrons. The average molecular weight is 383 g/mol. The van der Waals surface area contributed by atoms with Crippen LogP contribution in [0.25, 0.3) is 0 Å². The van der Waals surface area contributed by atoms with Crippen LogP contribution in [0.4, 0.5) is 0 Å². The minimum Gasteiger partial charge on any atom is -0.372 e. The van der Waals surface area contributed by atoms with Gasteiger partial charge in [-0.05, 0) is 51.8 Å². The zero-order valence-corrected chi connectivity index (χ0v) is 13.6. The van der Waals surface area contributed by atoms with Crippen LogP contribution >= 0.6 is 43.2 Å². The Morgan fingerprint density at radius 3 is 2.47 bits per heavy atom. The van der Waals surface area contributed by atoms with Gasteiger partial charge in [0.05, 0.1) is 25.3 Å². The molecule has 94 valence electrons. The van der Waals surface area contributed by atoms with Crippen molar-refractivity contribution >= 4 is 49.1 Å². The van der Waals surface area contributed by atoms with Crippen molar-refractivity contribution in [2.45, 2.75) is 26.1 Å². The second kappa shape index (κ2) is 5.38. The fourth-order valence-electron chi connectivity index (χ4n) is 2.00. The van der Waals surface area contributed by atoms with Gasteiger partial charge < -0.3 is 9.64 Å². The lowest BCUT2D eigenvalue weighted by atomic mass is 10.2. The minimum atomic E-state index is 0.0702. The maximum absolute atomic E-state index is 12.4. The van der Waals surface area contributed by atoms with E-state index in [1.54, 1.807) is 0 Å². The zero-order valence-electron chi connectivity index (χ0n) is 9.57. The Morgan fingerprint density at radius 1 is 1.41 bits per heavy atom. The quantitative estimate of drug-likeness (QED) is 0.743. The predicted molar refractivity (Wildman–Crippen MR) is 75.6 cm³/mol. The van der Waals surface area contributed by atoms with E-state index in [1.807, 2.05) is 24.8 Å². The van der Waals surface area contributed by atoms with Crippen LogP contribution in [0, 0.1) is 0 Å². The first kappa shape index (κ1) is 13.5. The summed E-state index contributed by atoms with van der Waals surface area (Å²) in [7, 11) is 0. The molecule has 2 heterocycles. The van der Waals surface area contributed by atoms with Crippen LogP contribution in [0.1, 0.15) is 24.2 Å². The van der Waals surface area contributed by atoms with Crippen LogP contribution < -0.4 is 0 Å². The lowest BCUT2D eigenvalue weighted by molar-refractivity contribution is -0.0586. The van der Waals surface area contributed by atoms with E-state index < -0.39 is 0 Å². The smallest absolute Gasteiger partial charge is 0.256 e. The maximum Gasteiger partial charge on any atom is 0.256 e. The molecule has 0 unspecified atom stereocenters.